The molecule has 0 aliphatic carbocycles. The van der Waals surface area contributed by atoms with Crippen LogP contribution in [0.25, 0.3) is 22.0 Å². The number of anilines is 2. The highest BCUT2D eigenvalue weighted by Gasteiger charge is 2.14. The minimum atomic E-state index is 0.112. The Bertz CT molecular complexity index is 1180. The molecule has 1 N–H and O–H groups in total. The van der Waals surface area contributed by atoms with E-state index in [0.717, 1.165) is 27.8 Å². The molecule has 0 unspecified atom stereocenters. The average molecular weight is 423 g/mol. The van der Waals surface area contributed by atoms with E-state index in [4.69, 9.17) is 23.2 Å². The standard InChI is InChI=1S/C23H20Cl2N4/c1-23(2,3)14-4-7-16(8-5-14)28-21-17-9-6-15(24)12-18(17)19(13-27-21)20-10-11-26-22(25)29-20/h4-13H,1-3H3,(H,27,28). The first-order valence-electron chi connectivity index (χ1n) is 9.26. The van der Waals surface area contributed by atoms with Crippen molar-refractivity contribution in [1.82, 2.24) is 15.0 Å². The van der Waals surface area contributed by atoms with E-state index in [0.29, 0.717) is 10.7 Å². The minimum absolute atomic E-state index is 0.112. The van der Waals surface area contributed by atoms with E-state index < -0.39 is 0 Å². The van der Waals surface area contributed by atoms with Crippen molar-refractivity contribution >= 4 is 45.5 Å². The summed E-state index contributed by atoms with van der Waals surface area (Å²) in [6.45, 7) is 6.60. The largest absolute Gasteiger partial charge is 0.340 e. The fourth-order valence-corrected chi connectivity index (χ4v) is 3.51. The van der Waals surface area contributed by atoms with E-state index in [1.54, 1.807) is 12.4 Å². The molecule has 0 amide bonds. The van der Waals surface area contributed by atoms with Gasteiger partial charge in [-0.05, 0) is 64.4 Å². The lowest BCUT2D eigenvalue weighted by Gasteiger charge is -2.19. The van der Waals surface area contributed by atoms with Gasteiger partial charge in [-0.1, -0.05) is 44.5 Å². The molecule has 4 rings (SSSR count). The average Bonchev–Trinajstić information content (AvgIpc) is 2.67. The molecule has 4 nitrogen and oxygen atoms in total. The number of nitrogens with zero attached hydrogens (tertiary/aromatic N) is 3. The summed E-state index contributed by atoms with van der Waals surface area (Å²) in [5.74, 6) is 0.754. The molecular formula is C23H20Cl2N4. The second-order valence-corrected chi connectivity index (χ2v) is 8.65. The van der Waals surface area contributed by atoms with Crippen molar-refractivity contribution < 1.29 is 0 Å². The van der Waals surface area contributed by atoms with Crippen molar-refractivity contribution in [1.29, 1.82) is 0 Å². The summed E-state index contributed by atoms with van der Waals surface area (Å²) in [6.07, 6.45) is 3.41. The van der Waals surface area contributed by atoms with Gasteiger partial charge in [-0.25, -0.2) is 15.0 Å². The smallest absolute Gasteiger partial charge is 0.222 e. The van der Waals surface area contributed by atoms with Gasteiger partial charge in [0.05, 0.1) is 5.69 Å². The van der Waals surface area contributed by atoms with Gasteiger partial charge in [-0.2, -0.15) is 0 Å². The molecule has 29 heavy (non-hydrogen) atoms. The van der Waals surface area contributed by atoms with Crippen LogP contribution in [0, 0.1) is 0 Å². The summed E-state index contributed by atoms with van der Waals surface area (Å²) in [7, 11) is 0. The first-order valence-corrected chi connectivity index (χ1v) is 10.0. The van der Waals surface area contributed by atoms with E-state index in [1.807, 2.05) is 24.3 Å². The van der Waals surface area contributed by atoms with E-state index >= 15 is 0 Å². The molecule has 0 bridgehead atoms. The molecule has 0 atom stereocenters. The normalized spacial score (nSPS) is 11.6. The number of fused-ring (bicyclic) bond motifs is 1. The monoisotopic (exact) mass is 422 g/mol. The number of halogens is 2. The van der Waals surface area contributed by atoms with Crippen molar-refractivity contribution in [3.8, 4) is 11.3 Å². The molecule has 0 spiro atoms. The number of hydrogen-bond acceptors (Lipinski definition) is 4. The highest BCUT2D eigenvalue weighted by Crippen LogP contribution is 2.34. The van der Waals surface area contributed by atoms with Crippen LogP contribution in [0.1, 0.15) is 26.3 Å². The van der Waals surface area contributed by atoms with Crippen LogP contribution in [0.15, 0.2) is 60.9 Å². The maximum atomic E-state index is 6.28. The summed E-state index contributed by atoms with van der Waals surface area (Å²) in [6, 6.07) is 16.0. The Morgan fingerprint density at radius 1 is 0.862 bits per heavy atom. The van der Waals surface area contributed by atoms with Crippen molar-refractivity contribution in [3.05, 3.63) is 76.8 Å². The van der Waals surface area contributed by atoms with Crippen LogP contribution in [-0.2, 0) is 5.41 Å². The molecule has 0 saturated heterocycles. The predicted molar refractivity (Wildman–Crippen MR) is 121 cm³/mol. The van der Waals surface area contributed by atoms with E-state index in [9.17, 15) is 0 Å². The molecule has 4 aromatic rings. The SMILES string of the molecule is CC(C)(C)c1ccc(Nc2ncc(-c3ccnc(Cl)n3)c3cc(Cl)ccc23)cc1. The van der Waals surface area contributed by atoms with Gasteiger partial charge in [0.2, 0.25) is 5.28 Å². The molecule has 0 radical (unpaired) electrons. The molecule has 2 aromatic carbocycles. The van der Waals surface area contributed by atoms with Gasteiger partial charge in [0, 0.05) is 34.1 Å². The van der Waals surface area contributed by atoms with Gasteiger partial charge in [0.25, 0.3) is 0 Å². The van der Waals surface area contributed by atoms with Crippen LogP contribution >= 0.6 is 23.2 Å². The number of benzene rings is 2. The van der Waals surface area contributed by atoms with Crippen molar-refractivity contribution in [3.63, 3.8) is 0 Å². The van der Waals surface area contributed by atoms with Crippen molar-refractivity contribution in [2.24, 2.45) is 0 Å². The number of hydrogen-bond donors (Lipinski definition) is 1. The third-order valence-electron chi connectivity index (χ3n) is 4.77. The van der Waals surface area contributed by atoms with E-state index in [-0.39, 0.29) is 10.7 Å². The molecule has 6 heteroatoms. The summed E-state index contributed by atoms with van der Waals surface area (Å²) >= 11 is 12.3. The van der Waals surface area contributed by atoms with Crippen LogP contribution < -0.4 is 5.32 Å². The van der Waals surface area contributed by atoms with Crippen molar-refractivity contribution in [2.75, 3.05) is 5.32 Å². The van der Waals surface area contributed by atoms with E-state index in [2.05, 4.69) is 65.3 Å². The predicted octanol–water partition coefficient (Wildman–Crippen LogP) is 7.04. The molecule has 0 fully saturated rings. The second kappa shape index (κ2) is 7.62. The lowest BCUT2D eigenvalue weighted by atomic mass is 9.87. The van der Waals surface area contributed by atoms with Gasteiger partial charge in [-0.15, -0.1) is 0 Å². The van der Waals surface area contributed by atoms with Gasteiger partial charge in [0.15, 0.2) is 0 Å². The lowest BCUT2D eigenvalue weighted by Crippen LogP contribution is -2.10. The summed E-state index contributed by atoms with van der Waals surface area (Å²) in [4.78, 5) is 12.9. The maximum Gasteiger partial charge on any atom is 0.222 e. The zero-order chi connectivity index (χ0) is 20.6. The Balaban J connectivity index is 1.78. The van der Waals surface area contributed by atoms with Gasteiger partial charge < -0.3 is 5.32 Å². The molecule has 2 heterocycles. The van der Waals surface area contributed by atoms with Crippen LogP contribution in [-0.4, -0.2) is 15.0 Å². The molecular weight excluding hydrogens is 403 g/mol. The topological polar surface area (TPSA) is 50.7 Å². The van der Waals surface area contributed by atoms with E-state index in [1.165, 1.54) is 5.56 Å². The number of pyridine rings is 1. The van der Waals surface area contributed by atoms with Crippen LogP contribution in [0.3, 0.4) is 0 Å². The summed E-state index contributed by atoms with van der Waals surface area (Å²) in [5.41, 5.74) is 3.91. The first kappa shape index (κ1) is 19.6. The molecule has 146 valence electrons. The van der Waals surface area contributed by atoms with Gasteiger partial charge in [-0.3, -0.25) is 0 Å². The molecule has 0 aliphatic heterocycles. The molecule has 2 aromatic heterocycles. The van der Waals surface area contributed by atoms with Crippen molar-refractivity contribution in [2.45, 2.75) is 26.2 Å². The zero-order valence-corrected chi connectivity index (χ0v) is 17.9. The molecule has 0 saturated carbocycles. The highest BCUT2D eigenvalue weighted by molar-refractivity contribution is 6.31. The van der Waals surface area contributed by atoms with Crippen LogP contribution in [0.4, 0.5) is 11.5 Å². The third kappa shape index (κ3) is 4.19. The Morgan fingerprint density at radius 3 is 2.31 bits per heavy atom. The minimum Gasteiger partial charge on any atom is -0.340 e. The Kier molecular flexibility index (Phi) is 5.15. The quantitative estimate of drug-likeness (QED) is 0.359. The van der Waals surface area contributed by atoms with Crippen LogP contribution in [0.5, 0.6) is 0 Å². The van der Waals surface area contributed by atoms with Gasteiger partial charge >= 0.3 is 0 Å². The Hall–Kier alpha value is -2.69. The Labute approximate surface area is 180 Å². The maximum absolute atomic E-state index is 6.28. The second-order valence-electron chi connectivity index (χ2n) is 7.87. The number of aromatic nitrogens is 3. The fraction of sp³-hybridized carbons (Fsp3) is 0.174. The first-order chi connectivity index (χ1) is 13.8. The highest BCUT2D eigenvalue weighted by atomic mass is 35.5. The van der Waals surface area contributed by atoms with Crippen LogP contribution in [0.2, 0.25) is 10.3 Å². The lowest BCUT2D eigenvalue weighted by molar-refractivity contribution is 0.590. The number of nitrogens with one attached hydrogen (secondary N) is 1. The zero-order valence-electron chi connectivity index (χ0n) is 16.4. The third-order valence-corrected chi connectivity index (χ3v) is 5.18. The fourth-order valence-electron chi connectivity index (χ4n) is 3.19. The molecule has 0 aliphatic rings. The summed E-state index contributed by atoms with van der Waals surface area (Å²) < 4.78 is 0. The Morgan fingerprint density at radius 2 is 1.62 bits per heavy atom. The van der Waals surface area contributed by atoms with Gasteiger partial charge in [0.1, 0.15) is 5.82 Å². The number of rotatable bonds is 3. The summed E-state index contributed by atoms with van der Waals surface area (Å²) in [5, 5.41) is 6.15.